The largest absolute Gasteiger partial charge is 0.508 e. The van der Waals surface area contributed by atoms with Crippen LogP contribution in [0.25, 0.3) is 0 Å². The predicted molar refractivity (Wildman–Crippen MR) is 48.8 cm³/mol. The number of pyridine rings is 1. The monoisotopic (exact) mass is 193 g/mol. The molecule has 1 unspecified atom stereocenters. The van der Waals surface area contributed by atoms with Gasteiger partial charge in [-0.05, 0) is 24.5 Å². The van der Waals surface area contributed by atoms with Crippen LogP contribution in [0.2, 0.25) is 0 Å². The number of carbonyl (C=O) groups excluding carboxylic acids is 1. The molecule has 2 rings (SSSR count). The highest BCUT2D eigenvalue weighted by Crippen LogP contribution is 2.12. The Balaban J connectivity index is 1.80. The summed E-state index contributed by atoms with van der Waals surface area (Å²) in [7, 11) is 0. The van der Waals surface area contributed by atoms with Crippen LogP contribution in [0.15, 0.2) is 24.5 Å². The van der Waals surface area contributed by atoms with Gasteiger partial charge in [0.2, 0.25) is 0 Å². The summed E-state index contributed by atoms with van der Waals surface area (Å²) >= 11 is 0. The van der Waals surface area contributed by atoms with Crippen LogP contribution in [0.5, 0.6) is 0 Å². The van der Waals surface area contributed by atoms with E-state index in [1.54, 1.807) is 6.20 Å². The summed E-state index contributed by atoms with van der Waals surface area (Å²) in [6.07, 6.45) is 4.55. The molecule has 14 heavy (non-hydrogen) atoms. The second-order valence-corrected chi connectivity index (χ2v) is 3.20. The first kappa shape index (κ1) is 8.99. The average molecular weight is 193 g/mol. The van der Waals surface area contributed by atoms with Crippen LogP contribution in [0.3, 0.4) is 0 Å². The summed E-state index contributed by atoms with van der Waals surface area (Å²) in [6.45, 7) is 0.374. The Morgan fingerprint density at radius 3 is 3.14 bits per heavy atom. The van der Waals surface area contributed by atoms with Crippen molar-refractivity contribution in [3.05, 3.63) is 30.1 Å². The molecule has 1 fully saturated rings. The second kappa shape index (κ2) is 4.09. The Hall–Kier alpha value is -1.58. The molecule has 0 radical (unpaired) electrons. The first-order valence-electron chi connectivity index (χ1n) is 4.57. The van der Waals surface area contributed by atoms with Gasteiger partial charge in [0.05, 0.1) is 0 Å². The zero-order chi connectivity index (χ0) is 9.80. The molecule has 1 atom stereocenters. The molecular weight excluding hydrogens is 182 g/mol. The van der Waals surface area contributed by atoms with E-state index in [-0.39, 0.29) is 6.10 Å². The predicted octanol–water partition coefficient (Wildman–Crippen LogP) is 1.55. The first-order chi connectivity index (χ1) is 6.84. The summed E-state index contributed by atoms with van der Waals surface area (Å²) in [5, 5.41) is 0. The van der Waals surface area contributed by atoms with Crippen LogP contribution in [0, 0.1) is 0 Å². The second-order valence-electron chi connectivity index (χ2n) is 3.20. The topological polar surface area (TPSA) is 48.4 Å². The normalized spacial score (nSPS) is 20.3. The molecular formula is C10H11NO3. The lowest BCUT2D eigenvalue weighted by Gasteiger charge is -2.04. The minimum Gasteiger partial charge on any atom is -0.430 e. The number of carbonyl (C=O) groups is 1. The standard InChI is InChI=1S/C10H11NO3/c12-10-13-7-9(14-10)4-3-8-2-1-5-11-6-8/h1-2,5-6,9H,3-4,7H2. The zero-order valence-electron chi connectivity index (χ0n) is 7.68. The van der Waals surface area contributed by atoms with Gasteiger partial charge in [-0.1, -0.05) is 6.07 Å². The van der Waals surface area contributed by atoms with E-state index < -0.39 is 6.16 Å². The van der Waals surface area contributed by atoms with Crippen LogP contribution in [0.4, 0.5) is 4.79 Å². The molecule has 1 aromatic heterocycles. The van der Waals surface area contributed by atoms with E-state index in [0.29, 0.717) is 6.61 Å². The number of hydrogen-bond donors (Lipinski definition) is 0. The van der Waals surface area contributed by atoms with Crippen molar-refractivity contribution < 1.29 is 14.3 Å². The Labute approximate surface area is 81.9 Å². The summed E-state index contributed by atoms with van der Waals surface area (Å²) in [6, 6.07) is 3.90. The zero-order valence-corrected chi connectivity index (χ0v) is 7.68. The SMILES string of the molecule is O=C1OCC(CCc2cccnc2)O1. The van der Waals surface area contributed by atoms with Crippen LogP contribution in [-0.2, 0) is 15.9 Å². The van der Waals surface area contributed by atoms with Crippen molar-refractivity contribution in [2.24, 2.45) is 0 Å². The number of hydrogen-bond acceptors (Lipinski definition) is 4. The number of ether oxygens (including phenoxy) is 2. The van der Waals surface area contributed by atoms with Gasteiger partial charge in [-0.2, -0.15) is 0 Å². The lowest BCUT2D eigenvalue weighted by atomic mass is 10.1. The van der Waals surface area contributed by atoms with Crippen molar-refractivity contribution in [2.75, 3.05) is 6.61 Å². The van der Waals surface area contributed by atoms with Crippen LogP contribution in [-0.4, -0.2) is 23.9 Å². The van der Waals surface area contributed by atoms with E-state index in [2.05, 4.69) is 9.72 Å². The molecule has 0 N–H and O–H groups in total. The molecule has 4 nitrogen and oxygen atoms in total. The van der Waals surface area contributed by atoms with Gasteiger partial charge in [0.25, 0.3) is 0 Å². The number of aryl methyl sites for hydroxylation is 1. The molecule has 74 valence electrons. The average Bonchev–Trinajstić information content (AvgIpc) is 2.63. The van der Waals surface area contributed by atoms with E-state index in [1.807, 2.05) is 18.3 Å². The first-order valence-corrected chi connectivity index (χ1v) is 4.57. The fraction of sp³-hybridized carbons (Fsp3) is 0.400. The fourth-order valence-electron chi connectivity index (χ4n) is 1.38. The molecule has 0 spiro atoms. The van der Waals surface area contributed by atoms with E-state index in [9.17, 15) is 4.79 Å². The lowest BCUT2D eigenvalue weighted by Crippen LogP contribution is -2.10. The van der Waals surface area contributed by atoms with Gasteiger partial charge in [-0.3, -0.25) is 4.98 Å². The van der Waals surface area contributed by atoms with Crippen molar-refractivity contribution in [1.82, 2.24) is 4.98 Å². The van der Waals surface area contributed by atoms with Crippen molar-refractivity contribution in [3.8, 4) is 0 Å². The van der Waals surface area contributed by atoms with Gasteiger partial charge in [0.1, 0.15) is 12.7 Å². The maximum absolute atomic E-state index is 10.6. The summed E-state index contributed by atoms with van der Waals surface area (Å²) < 4.78 is 9.58. The maximum Gasteiger partial charge on any atom is 0.508 e. The Kier molecular flexibility index (Phi) is 2.62. The third-order valence-electron chi connectivity index (χ3n) is 2.13. The van der Waals surface area contributed by atoms with Crippen LogP contribution in [0.1, 0.15) is 12.0 Å². The van der Waals surface area contributed by atoms with Crippen LogP contribution < -0.4 is 0 Å². The Bertz CT molecular complexity index is 312. The minimum absolute atomic E-state index is 0.0947. The van der Waals surface area contributed by atoms with Crippen LogP contribution >= 0.6 is 0 Å². The van der Waals surface area contributed by atoms with Crippen molar-refractivity contribution in [3.63, 3.8) is 0 Å². The number of nitrogens with zero attached hydrogens (tertiary/aromatic N) is 1. The van der Waals surface area contributed by atoms with Gasteiger partial charge in [0.15, 0.2) is 0 Å². The number of rotatable bonds is 3. The summed E-state index contributed by atoms with van der Waals surface area (Å²) in [5.74, 6) is 0. The molecule has 0 aliphatic carbocycles. The molecule has 1 aliphatic heterocycles. The smallest absolute Gasteiger partial charge is 0.430 e. The van der Waals surface area contributed by atoms with Gasteiger partial charge >= 0.3 is 6.16 Å². The van der Waals surface area contributed by atoms with E-state index >= 15 is 0 Å². The van der Waals surface area contributed by atoms with E-state index in [0.717, 1.165) is 18.4 Å². The molecule has 0 aromatic carbocycles. The molecule has 1 aromatic rings. The minimum atomic E-state index is -0.554. The highest BCUT2D eigenvalue weighted by atomic mass is 16.8. The molecule has 2 heterocycles. The highest BCUT2D eigenvalue weighted by Gasteiger charge is 2.24. The van der Waals surface area contributed by atoms with Crippen molar-refractivity contribution in [2.45, 2.75) is 18.9 Å². The highest BCUT2D eigenvalue weighted by molar-refractivity contribution is 5.61. The Morgan fingerprint density at radius 1 is 1.57 bits per heavy atom. The molecule has 1 saturated heterocycles. The van der Waals surface area contributed by atoms with Crippen molar-refractivity contribution in [1.29, 1.82) is 0 Å². The van der Waals surface area contributed by atoms with Gasteiger partial charge < -0.3 is 9.47 Å². The number of cyclic esters (lactones) is 2. The number of aromatic nitrogens is 1. The maximum atomic E-state index is 10.6. The molecule has 0 amide bonds. The van der Waals surface area contributed by atoms with E-state index in [4.69, 9.17) is 4.74 Å². The summed E-state index contributed by atoms with van der Waals surface area (Å²) in [5.41, 5.74) is 1.15. The van der Waals surface area contributed by atoms with Gasteiger partial charge in [-0.15, -0.1) is 0 Å². The third-order valence-corrected chi connectivity index (χ3v) is 2.13. The molecule has 1 aliphatic rings. The van der Waals surface area contributed by atoms with Gasteiger partial charge in [-0.25, -0.2) is 4.79 Å². The fourth-order valence-corrected chi connectivity index (χ4v) is 1.38. The van der Waals surface area contributed by atoms with E-state index in [1.165, 1.54) is 0 Å². The quantitative estimate of drug-likeness (QED) is 0.683. The van der Waals surface area contributed by atoms with Crippen molar-refractivity contribution >= 4 is 6.16 Å². The molecule has 0 bridgehead atoms. The molecule has 0 saturated carbocycles. The summed E-state index contributed by atoms with van der Waals surface area (Å²) in [4.78, 5) is 14.6. The molecule has 4 heteroatoms. The van der Waals surface area contributed by atoms with Gasteiger partial charge in [0, 0.05) is 12.4 Å². The third kappa shape index (κ3) is 2.22. The lowest BCUT2D eigenvalue weighted by molar-refractivity contribution is 0.116. The Morgan fingerprint density at radius 2 is 2.50 bits per heavy atom.